The van der Waals surface area contributed by atoms with Gasteiger partial charge in [0.1, 0.15) is 11.5 Å². The van der Waals surface area contributed by atoms with Gasteiger partial charge in [-0.1, -0.05) is 43.3 Å². The molecule has 4 rings (SSSR count). The lowest BCUT2D eigenvalue weighted by molar-refractivity contribution is 0.0677. The summed E-state index contributed by atoms with van der Waals surface area (Å²) in [5, 5.41) is 12.4. The van der Waals surface area contributed by atoms with Crippen LogP contribution in [0.3, 0.4) is 0 Å². The third kappa shape index (κ3) is 4.47. The minimum absolute atomic E-state index is 0.0741. The Bertz CT molecular complexity index is 1090. The van der Waals surface area contributed by atoms with E-state index in [4.69, 9.17) is 5.26 Å². The molecule has 1 fully saturated rings. The van der Waals surface area contributed by atoms with E-state index in [0.29, 0.717) is 28.8 Å². The molecule has 30 heavy (non-hydrogen) atoms. The van der Waals surface area contributed by atoms with Gasteiger partial charge in [0.05, 0.1) is 11.6 Å². The predicted molar refractivity (Wildman–Crippen MR) is 116 cm³/mol. The van der Waals surface area contributed by atoms with Gasteiger partial charge in [-0.05, 0) is 37.0 Å². The molecule has 1 amide bonds. The minimum atomic E-state index is -0.0741. The minimum Gasteiger partial charge on any atom is -0.340 e. The molecule has 6 heteroatoms. The van der Waals surface area contributed by atoms with Crippen LogP contribution in [0.5, 0.6) is 0 Å². The Kier molecular flexibility index (Phi) is 5.71. The number of piperidine rings is 1. The molecule has 1 aromatic heterocycles. The fraction of sp³-hybridized carbons (Fsp3) is 0.250. The van der Waals surface area contributed by atoms with Gasteiger partial charge in [-0.3, -0.25) is 4.79 Å². The van der Waals surface area contributed by atoms with Crippen molar-refractivity contribution < 1.29 is 4.79 Å². The van der Waals surface area contributed by atoms with E-state index < -0.39 is 0 Å². The van der Waals surface area contributed by atoms with Gasteiger partial charge >= 0.3 is 0 Å². The number of amides is 1. The van der Waals surface area contributed by atoms with Gasteiger partial charge in [0.2, 0.25) is 0 Å². The molecule has 0 radical (unpaired) electrons. The largest absolute Gasteiger partial charge is 0.340 e. The van der Waals surface area contributed by atoms with Gasteiger partial charge in [-0.25, -0.2) is 9.97 Å². The summed E-state index contributed by atoms with van der Waals surface area (Å²) in [4.78, 5) is 24.3. The van der Waals surface area contributed by atoms with Crippen molar-refractivity contribution >= 4 is 17.4 Å². The van der Waals surface area contributed by atoms with Crippen LogP contribution >= 0.6 is 0 Å². The summed E-state index contributed by atoms with van der Waals surface area (Å²) < 4.78 is 0. The summed E-state index contributed by atoms with van der Waals surface area (Å²) in [7, 11) is 0. The van der Waals surface area contributed by atoms with Crippen molar-refractivity contribution in [3.8, 4) is 17.5 Å². The van der Waals surface area contributed by atoms with Crippen LogP contribution in [-0.2, 0) is 0 Å². The highest BCUT2D eigenvalue weighted by atomic mass is 16.2. The first-order valence-electron chi connectivity index (χ1n) is 10.1. The Hall–Kier alpha value is -3.72. The smallest absolute Gasteiger partial charge is 0.272 e. The zero-order valence-corrected chi connectivity index (χ0v) is 16.9. The Balaban J connectivity index is 1.71. The lowest BCUT2D eigenvalue weighted by Gasteiger charge is -2.30. The summed E-state index contributed by atoms with van der Waals surface area (Å²) in [6, 6.07) is 20.6. The third-order valence-corrected chi connectivity index (χ3v) is 5.19. The van der Waals surface area contributed by atoms with Crippen LogP contribution in [0.15, 0.2) is 60.7 Å². The maximum absolute atomic E-state index is 13.2. The second-order valence-corrected chi connectivity index (χ2v) is 7.64. The summed E-state index contributed by atoms with van der Waals surface area (Å²) in [5.41, 5.74) is 2.50. The number of benzene rings is 2. The highest BCUT2D eigenvalue weighted by molar-refractivity contribution is 5.93. The monoisotopic (exact) mass is 397 g/mol. The van der Waals surface area contributed by atoms with E-state index in [0.717, 1.165) is 37.2 Å². The number of aromatic nitrogens is 2. The zero-order chi connectivity index (χ0) is 20.9. The van der Waals surface area contributed by atoms with E-state index in [1.165, 1.54) is 0 Å². The SMILES string of the molecule is CC1CCCN(C(=O)c2cc(Nc3cccc(C#N)c3)nc(-c3ccccc3)n2)C1. The number of carbonyl (C=O) groups excluding carboxylic acids is 1. The Morgan fingerprint density at radius 3 is 2.73 bits per heavy atom. The predicted octanol–water partition coefficient (Wildman–Crippen LogP) is 4.63. The molecule has 2 aromatic carbocycles. The van der Waals surface area contributed by atoms with Crippen molar-refractivity contribution in [3.05, 3.63) is 71.9 Å². The van der Waals surface area contributed by atoms with Crippen molar-refractivity contribution in [1.29, 1.82) is 5.26 Å². The highest BCUT2D eigenvalue weighted by Gasteiger charge is 2.24. The number of carbonyl (C=O) groups is 1. The summed E-state index contributed by atoms with van der Waals surface area (Å²) in [6.07, 6.45) is 2.15. The van der Waals surface area contributed by atoms with Gasteiger partial charge in [0, 0.05) is 30.4 Å². The molecular formula is C24H23N5O. The molecule has 1 unspecified atom stereocenters. The fourth-order valence-electron chi connectivity index (χ4n) is 3.69. The average Bonchev–Trinajstić information content (AvgIpc) is 2.79. The number of anilines is 2. The molecule has 1 atom stereocenters. The van der Waals surface area contributed by atoms with Crippen LogP contribution in [0.25, 0.3) is 11.4 Å². The molecule has 3 aromatic rings. The van der Waals surface area contributed by atoms with Crippen molar-refractivity contribution in [2.24, 2.45) is 5.92 Å². The van der Waals surface area contributed by atoms with E-state index in [1.807, 2.05) is 41.3 Å². The average molecular weight is 397 g/mol. The number of nitriles is 1. The number of nitrogens with one attached hydrogen (secondary N) is 1. The van der Waals surface area contributed by atoms with Crippen molar-refractivity contribution in [2.75, 3.05) is 18.4 Å². The number of rotatable bonds is 4. The molecule has 1 aliphatic rings. The van der Waals surface area contributed by atoms with Crippen LogP contribution in [-0.4, -0.2) is 33.9 Å². The topological polar surface area (TPSA) is 81.9 Å². The molecule has 2 heterocycles. The molecule has 1 saturated heterocycles. The summed E-state index contributed by atoms with van der Waals surface area (Å²) in [6.45, 7) is 3.67. The van der Waals surface area contributed by atoms with Crippen LogP contribution in [0.1, 0.15) is 35.8 Å². The Labute approximate surface area is 176 Å². The van der Waals surface area contributed by atoms with Gasteiger partial charge in [0.25, 0.3) is 5.91 Å². The summed E-state index contributed by atoms with van der Waals surface area (Å²) >= 11 is 0. The first-order chi connectivity index (χ1) is 14.6. The zero-order valence-electron chi connectivity index (χ0n) is 16.9. The van der Waals surface area contributed by atoms with Gasteiger partial charge in [-0.15, -0.1) is 0 Å². The van der Waals surface area contributed by atoms with Crippen molar-refractivity contribution in [2.45, 2.75) is 19.8 Å². The van der Waals surface area contributed by atoms with E-state index in [-0.39, 0.29) is 5.91 Å². The second-order valence-electron chi connectivity index (χ2n) is 7.64. The van der Waals surface area contributed by atoms with Crippen LogP contribution in [0, 0.1) is 17.2 Å². The van der Waals surface area contributed by atoms with Crippen molar-refractivity contribution in [1.82, 2.24) is 14.9 Å². The first kappa shape index (κ1) is 19.6. The number of hydrogen-bond acceptors (Lipinski definition) is 5. The molecule has 150 valence electrons. The third-order valence-electron chi connectivity index (χ3n) is 5.19. The lowest BCUT2D eigenvalue weighted by atomic mass is 10.00. The number of nitrogens with zero attached hydrogens (tertiary/aromatic N) is 4. The van der Waals surface area contributed by atoms with E-state index in [9.17, 15) is 4.79 Å². The maximum atomic E-state index is 13.2. The molecule has 0 saturated carbocycles. The Morgan fingerprint density at radius 2 is 1.97 bits per heavy atom. The van der Waals surface area contributed by atoms with E-state index >= 15 is 0 Å². The first-order valence-corrected chi connectivity index (χ1v) is 10.1. The standard InChI is InChI=1S/C24H23N5O/c1-17-7-6-12-29(16-17)24(30)21-14-22(26-20-11-5-8-18(13-20)15-25)28-23(27-21)19-9-3-2-4-10-19/h2-5,8-11,13-14,17H,6-7,12,16H2,1H3,(H,26,27,28). The van der Waals surface area contributed by atoms with Crippen LogP contribution < -0.4 is 5.32 Å². The normalized spacial score (nSPS) is 16.0. The molecular weight excluding hydrogens is 374 g/mol. The molecule has 1 N–H and O–H groups in total. The molecule has 6 nitrogen and oxygen atoms in total. The fourth-order valence-corrected chi connectivity index (χ4v) is 3.69. The summed E-state index contributed by atoms with van der Waals surface area (Å²) in [5.74, 6) is 1.43. The van der Waals surface area contributed by atoms with Gasteiger partial charge in [0.15, 0.2) is 5.82 Å². The number of hydrogen-bond donors (Lipinski definition) is 1. The Morgan fingerprint density at radius 1 is 1.13 bits per heavy atom. The van der Waals surface area contributed by atoms with Gasteiger partial charge < -0.3 is 10.2 Å². The van der Waals surface area contributed by atoms with E-state index in [1.54, 1.807) is 24.3 Å². The molecule has 1 aliphatic heterocycles. The molecule has 0 aliphatic carbocycles. The van der Waals surface area contributed by atoms with Crippen LogP contribution in [0.4, 0.5) is 11.5 Å². The maximum Gasteiger partial charge on any atom is 0.272 e. The second kappa shape index (κ2) is 8.75. The van der Waals surface area contributed by atoms with E-state index in [2.05, 4.69) is 28.3 Å². The lowest BCUT2D eigenvalue weighted by Crippen LogP contribution is -2.39. The number of likely N-dealkylation sites (tertiary alicyclic amines) is 1. The van der Waals surface area contributed by atoms with Gasteiger partial charge in [-0.2, -0.15) is 5.26 Å². The van der Waals surface area contributed by atoms with Crippen LogP contribution in [0.2, 0.25) is 0 Å². The molecule has 0 spiro atoms. The van der Waals surface area contributed by atoms with Crippen molar-refractivity contribution in [3.63, 3.8) is 0 Å². The molecule has 0 bridgehead atoms. The quantitative estimate of drug-likeness (QED) is 0.694. The highest BCUT2D eigenvalue weighted by Crippen LogP contribution is 2.23.